The highest BCUT2D eigenvalue weighted by Crippen LogP contribution is 2.19. The number of nitrogens with one attached hydrogen (secondary N) is 1. The summed E-state index contributed by atoms with van der Waals surface area (Å²) >= 11 is 0. The second-order valence-corrected chi connectivity index (χ2v) is 4.00. The van der Waals surface area contributed by atoms with Crippen LogP contribution in [0.25, 0.3) is 0 Å². The first kappa shape index (κ1) is 13.0. The van der Waals surface area contributed by atoms with Crippen molar-refractivity contribution in [3.05, 3.63) is 54.0 Å². The monoisotopic (exact) mass is 259 g/mol. The number of nitrogens with zero attached hydrogens (tertiary/aromatic N) is 2. The summed E-state index contributed by atoms with van der Waals surface area (Å²) in [6.45, 7) is 0. The van der Waals surface area contributed by atoms with Crippen molar-refractivity contribution < 1.29 is 9.18 Å². The molecule has 1 aromatic carbocycles. The van der Waals surface area contributed by atoms with Crippen LogP contribution in [0.3, 0.4) is 0 Å². The fourth-order valence-corrected chi connectivity index (χ4v) is 1.70. The molecule has 0 aliphatic heterocycles. The zero-order valence-electron chi connectivity index (χ0n) is 10.7. The maximum absolute atomic E-state index is 13.6. The Bertz CT molecular complexity index is 583. The Morgan fingerprint density at radius 2 is 2.00 bits per heavy atom. The molecule has 0 bridgehead atoms. The van der Waals surface area contributed by atoms with Crippen LogP contribution in [0.5, 0.6) is 0 Å². The first-order valence-corrected chi connectivity index (χ1v) is 5.80. The molecule has 0 fully saturated rings. The zero-order chi connectivity index (χ0) is 13.8. The molecule has 0 saturated carbocycles. The normalized spacial score (nSPS) is 10.1. The third kappa shape index (κ3) is 2.70. The van der Waals surface area contributed by atoms with E-state index in [2.05, 4.69) is 10.3 Å². The SMILES string of the molecule is CNc1ccc(C(=O)N(C)c2ccccc2F)cn1. The molecule has 0 radical (unpaired) electrons. The Kier molecular flexibility index (Phi) is 3.75. The van der Waals surface area contributed by atoms with Gasteiger partial charge in [-0.15, -0.1) is 0 Å². The van der Waals surface area contributed by atoms with Gasteiger partial charge in [0.15, 0.2) is 0 Å². The molecule has 98 valence electrons. The first-order valence-electron chi connectivity index (χ1n) is 5.80. The Morgan fingerprint density at radius 3 is 2.58 bits per heavy atom. The highest BCUT2D eigenvalue weighted by Gasteiger charge is 2.16. The van der Waals surface area contributed by atoms with Gasteiger partial charge in [-0.25, -0.2) is 9.37 Å². The molecule has 5 heteroatoms. The molecule has 1 N–H and O–H groups in total. The fourth-order valence-electron chi connectivity index (χ4n) is 1.70. The van der Waals surface area contributed by atoms with Gasteiger partial charge in [-0.1, -0.05) is 12.1 Å². The standard InChI is InChI=1S/C14H14FN3O/c1-16-13-8-7-10(9-17-13)14(19)18(2)12-6-4-3-5-11(12)15/h3-9H,1-2H3,(H,16,17). The Labute approximate surface area is 110 Å². The summed E-state index contributed by atoms with van der Waals surface area (Å²) in [5, 5.41) is 2.87. The molecule has 1 amide bonds. The van der Waals surface area contributed by atoms with Gasteiger partial charge in [-0.3, -0.25) is 4.79 Å². The Balaban J connectivity index is 2.26. The second kappa shape index (κ2) is 5.48. The molecule has 0 aliphatic carbocycles. The lowest BCUT2D eigenvalue weighted by Crippen LogP contribution is -2.27. The van der Waals surface area contributed by atoms with Gasteiger partial charge in [0.2, 0.25) is 0 Å². The van der Waals surface area contributed by atoms with Gasteiger partial charge >= 0.3 is 0 Å². The first-order chi connectivity index (χ1) is 9.13. The molecule has 1 aromatic heterocycles. The van der Waals surface area contributed by atoms with E-state index >= 15 is 0 Å². The van der Waals surface area contributed by atoms with E-state index in [1.807, 2.05) is 0 Å². The molecule has 19 heavy (non-hydrogen) atoms. The second-order valence-electron chi connectivity index (χ2n) is 4.00. The molecule has 0 saturated heterocycles. The maximum Gasteiger partial charge on any atom is 0.259 e. The molecular weight excluding hydrogens is 245 g/mol. The molecular formula is C14H14FN3O. The lowest BCUT2D eigenvalue weighted by atomic mass is 10.2. The van der Waals surface area contributed by atoms with Gasteiger partial charge in [-0.2, -0.15) is 0 Å². The quantitative estimate of drug-likeness (QED) is 0.921. The van der Waals surface area contributed by atoms with Gasteiger partial charge in [-0.05, 0) is 24.3 Å². The predicted octanol–water partition coefficient (Wildman–Crippen LogP) is 2.54. The molecule has 2 rings (SSSR count). The van der Waals surface area contributed by atoms with Crippen LogP contribution >= 0.6 is 0 Å². The number of benzene rings is 1. The average Bonchev–Trinajstić information content (AvgIpc) is 2.46. The van der Waals surface area contributed by atoms with Crippen molar-refractivity contribution >= 4 is 17.4 Å². The van der Waals surface area contributed by atoms with Crippen LogP contribution in [0, 0.1) is 5.82 Å². The van der Waals surface area contributed by atoms with E-state index in [0.29, 0.717) is 11.4 Å². The minimum Gasteiger partial charge on any atom is -0.373 e. The molecule has 0 aliphatic rings. The number of aromatic nitrogens is 1. The lowest BCUT2D eigenvalue weighted by Gasteiger charge is -2.17. The summed E-state index contributed by atoms with van der Waals surface area (Å²) in [5.41, 5.74) is 0.648. The van der Waals surface area contributed by atoms with E-state index in [9.17, 15) is 9.18 Å². The Hall–Kier alpha value is -2.43. The third-order valence-electron chi connectivity index (χ3n) is 2.79. The van der Waals surface area contributed by atoms with E-state index in [1.54, 1.807) is 37.4 Å². The van der Waals surface area contributed by atoms with Crippen molar-refractivity contribution in [2.45, 2.75) is 0 Å². The number of hydrogen-bond acceptors (Lipinski definition) is 3. The van der Waals surface area contributed by atoms with Crippen molar-refractivity contribution in [2.24, 2.45) is 0 Å². The van der Waals surface area contributed by atoms with Gasteiger partial charge in [0, 0.05) is 20.3 Å². The van der Waals surface area contributed by atoms with E-state index in [1.165, 1.54) is 24.2 Å². The summed E-state index contributed by atoms with van der Waals surface area (Å²) in [6, 6.07) is 9.50. The minimum absolute atomic E-state index is 0.241. The van der Waals surface area contributed by atoms with Crippen LogP contribution in [-0.2, 0) is 0 Å². The Morgan fingerprint density at radius 1 is 1.26 bits per heavy atom. The van der Waals surface area contributed by atoms with Crippen molar-refractivity contribution in [3.8, 4) is 0 Å². The molecule has 0 unspecified atom stereocenters. The van der Waals surface area contributed by atoms with Crippen LogP contribution in [-0.4, -0.2) is 25.0 Å². The fraction of sp³-hybridized carbons (Fsp3) is 0.143. The van der Waals surface area contributed by atoms with E-state index in [4.69, 9.17) is 0 Å². The van der Waals surface area contributed by atoms with Crippen molar-refractivity contribution in [3.63, 3.8) is 0 Å². The summed E-state index contributed by atoms with van der Waals surface area (Å²) in [6.07, 6.45) is 1.46. The van der Waals surface area contributed by atoms with Crippen LogP contribution in [0.2, 0.25) is 0 Å². The number of pyridine rings is 1. The third-order valence-corrected chi connectivity index (χ3v) is 2.79. The van der Waals surface area contributed by atoms with Crippen molar-refractivity contribution in [1.82, 2.24) is 4.98 Å². The van der Waals surface area contributed by atoms with Gasteiger partial charge in [0.05, 0.1) is 11.3 Å². The van der Waals surface area contributed by atoms with Gasteiger partial charge in [0.1, 0.15) is 11.6 Å². The highest BCUT2D eigenvalue weighted by molar-refractivity contribution is 6.05. The predicted molar refractivity (Wildman–Crippen MR) is 72.9 cm³/mol. The maximum atomic E-state index is 13.6. The number of carbonyl (C=O) groups is 1. The van der Waals surface area contributed by atoms with Gasteiger partial charge in [0.25, 0.3) is 5.91 Å². The van der Waals surface area contributed by atoms with Crippen LogP contribution in [0.15, 0.2) is 42.6 Å². The molecule has 4 nitrogen and oxygen atoms in total. The molecule has 1 heterocycles. The number of anilines is 2. The number of para-hydroxylation sites is 1. The smallest absolute Gasteiger partial charge is 0.259 e. The van der Waals surface area contributed by atoms with Crippen LogP contribution in [0.1, 0.15) is 10.4 Å². The van der Waals surface area contributed by atoms with Crippen LogP contribution in [0.4, 0.5) is 15.9 Å². The number of amides is 1. The summed E-state index contributed by atoms with van der Waals surface area (Å²) in [4.78, 5) is 17.5. The summed E-state index contributed by atoms with van der Waals surface area (Å²) in [7, 11) is 3.28. The molecule has 2 aromatic rings. The largest absolute Gasteiger partial charge is 0.373 e. The number of halogens is 1. The topological polar surface area (TPSA) is 45.2 Å². The van der Waals surface area contributed by atoms with Crippen molar-refractivity contribution in [1.29, 1.82) is 0 Å². The molecule has 0 atom stereocenters. The number of hydrogen-bond donors (Lipinski definition) is 1. The lowest BCUT2D eigenvalue weighted by molar-refractivity contribution is 0.0992. The van der Waals surface area contributed by atoms with E-state index < -0.39 is 5.82 Å². The summed E-state index contributed by atoms with van der Waals surface area (Å²) in [5.74, 6) is -0.0662. The highest BCUT2D eigenvalue weighted by atomic mass is 19.1. The number of rotatable bonds is 3. The summed E-state index contributed by atoms with van der Waals surface area (Å²) < 4.78 is 13.6. The average molecular weight is 259 g/mol. The number of carbonyl (C=O) groups excluding carboxylic acids is 1. The molecule has 0 spiro atoms. The van der Waals surface area contributed by atoms with E-state index in [-0.39, 0.29) is 11.6 Å². The zero-order valence-corrected chi connectivity index (χ0v) is 10.7. The van der Waals surface area contributed by atoms with Crippen LogP contribution < -0.4 is 10.2 Å². The minimum atomic E-state index is -0.432. The van der Waals surface area contributed by atoms with Gasteiger partial charge < -0.3 is 10.2 Å². The van der Waals surface area contributed by atoms with Crippen molar-refractivity contribution in [2.75, 3.05) is 24.3 Å². The van der Waals surface area contributed by atoms with E-state index in [0.717, 1.165) is 0 Å².